The summed E-state index contributed by atoms with van der Waals surface area (Å²) in [6.07, 6.45) is 0. The molecular weight excluding hydrogens is 344 g/mol. The van der Waals surface area contributed by atoms with Crippen LogP contribution in [0.3, 0.4) is 0 Å². The molecule has 0 N–H and O–H groups in total. The first-order chi connectivity index (χ1) is 8.27. The van der Waals surface area contributed by atoms with Gasteiger partial charge in [-0.2, -0.15) is 0 Å². The zero-order chi connectivity index (χ0) is 11.8. The maximum atomic E-state index is 5.98. The summed E-state index contributed by atoms with van der Waals surface area (Å²) in [5.41, 5.74) is 2.34. The van der Waals surface area contributed by atoms with E-state index in [1.807, 2.05) is 36.4 Å². The quantitative estimate of drug-likeness (QED) is 0.579. The first-order valence-corrected chi connectivity index (χ1v) is 7.24. The van der Waals surface area contributed by atoms with Gasteiger partial charge in [-0.15, -0.1) is 0 Å². The molecule has 2 atom stereocenters. The molecule has 0 amide bonds. The van der Waals surface area contributed by atoms with Crippen LogP contribution in [-0.2, 0) is 0 Å². The standard InChI is InChI=1S/C14H10Br2O/c15-13-9-5-1-3-7-11(9)17-12-8-4-2-6-10(12)14(13)16/h1-8,13-14H. The minimum Gasteiger partial charge on any atom is -0.457 e. The van der Waals surface area contributed by atoms with Crippen LogP contribution < -0.4 is 4.74 Å². The monoisotopic (exact) mass is 352 g/mol. The van der Waals surface area contributed by atoms with Crippen molar-refractivity contribution in [3.63, 3.8) is 0 Å². The highest BCUT2D eigenvalue weighted by atomic mass is 79.9. The zero-order valence-corrected chi connectivity index (χ0v) is 12.1. The molecule has 0 bridgehead atoms. The van der Waals surface area contributed by atoms with Gasteiger partial charge < -0.3 is 4.74 Å². The van der Waals surface area contributed by atoms with Gasteiger partial charge in [-0.05, 0) is 12.1 Å². The molecule has 1 heterocycles. The van der Waals surface area contributed by atoms with Crippen molar-refractivity contribution < 1.29 is 4.74 Å². The van der Waals surface area contributed by atoms with E-state index in [9.17, 15) is 0 Å². The van der Waals surface area contributed by atoms with E-state index in [1.165, 1.54) is 11.1 Å². The molecule has 1 nitrogen and oxygen atoms in total. The van der Waals surface area contributed by atoms with Gasteiger partial charge in [0, 0.05) is 11.1 Å². The predicted octanol–water partition coefficient (Wildman–Crippen LogP) is 5.36. The lowest BCUT2D eigenvalue weighted by Gasteiger charge is -2.15. The summed E-state index contributed by atoms with van der Waals surface area (Å²) in [7, 11) is 0. The van der Waals surface area contributed by atoms with Gasteiger partial charge in [0.1, 0.15) is 11.5 Å². The molecule has 1 aliphatic rings. The molecule has 3 rings (SSSR count). The van der Waals surface area contributed by atoms with E-state index in [1.54, 1.807) is 0 Å². The van der Waals surface area contributed by atoms with Crippen molar-refractivity contribution in [1.82, 2.24) is 0 Å². The summed E-state index contributed by atoms with van der Waals surface area (Å²) < 4.78 is 5.98. The molecule has 0 spiro atoms. The second-order valence-electron chi connectivity index (χ2n) is 3.98. The van der Waals surface area contributed by atoms with Gasteiger partial charge in [0.05, 0.1) is 9.65 Å². The Morgan fingerprint density at radius 2 is 1.12 bits per heavy atom. The van der Waals surface area contributed by atoms with Gasteiger partial charge in [-0.3, -0.25) is 0 Å². The van der Waals surface area contributed by atoms with Crippen molar-refractivity contribution in [3.05, 3.63) is 59.7 Å². The number of alkyl halides is 2. The van der Waals surface area contributed by atoms with Crippen molar-refractivity contribution >= 4 is 31.9 Å². The van der Waals surface area contributed by atoms with Gasteiger partial charge >= 0.3 is 0 Å². The Morgan fingerprint density at radius 3 is 1.59 bits per heavy atom. The van der Waals surface area contributed by atoms with Crippen LogP contribution in [0.5, 0.6) is 11.5 Å². The van der Waals surface area contributed by atoms with Gasteiger partial charge in [-0.1, -0.05) is 68.3 Å². The molecule has 0 radical (unpaired) electrons. The number of hydrogen-bond acceptors (Lipinski definition) is 1. The average molecular weight is 354 g/mol. The fraction of sp³-hybridized carbons (Fsp3) is 0.143. The summed E-state index contributed by atoms with van der Waals surface area (Å²) in [6.45, 7) is 0. The Morgan fingerprint density at radius 1 is 0.706 bits per heavy atom. The van der Waals surface area contributed by atoms with Crippen molar-refractivity contribution in [2.24, 2.45) is 0 Å². The number of fused-ring (bicyclic) bond motifs is 2. The topological polar surface area (TPSA) is 9.23 Å². The van der Waals surface area contributed by atoms with Gasteiger partial charge in [0.2, 0.25) is 0 Å². The number of hydrogen-bond donors (Lipinski definition) is 0. The molecule has 3 heteroatoms. The molecular formula is C14H10Br2O. The summed E-state index contributed by atoms with van der Waals surface area (Å²) >= 11 is 7.49. The van der Waals surface area contributed by atoms with Gasteiger partial charge in [0.15, 0.2) is 0 Å². The second kappa shape index (κ2) is 4.46. The third-order valence-electron chi connectivity index (χ3n) is 2.91. The maximum absolute atomic E-state index is 5.98. The first-order valence-electron chi connectivity index (χ1n) is 5.41. The second-order valence-corrected chi connectivity index (χ2v) is 5.95. The Hall–Kier alpha value is -0.800. The Bertz CT molecular complexity index is 504. The largest absolute Gasteiger partial charge is 0.457 e. The van der Waals surface area contributed by atoms with Crippen LogP contribution in [0, 0.1) is 0 Å². The summed E-state index contributed by atoms with van der Waals surface area (Å²) in [5, 5.41) is 0. The van der Waals surface area contributed by atoms with E-state index in [0.717, 1.165) is 11.5 Å². The SMILES string of the molecule is BrC1c2ccccc2Oc2ccccc2C1Br. The van der Waals surface area contributed by atoms with E-state index in [-0.39, 0.29) is 9.65 Å². The third-order valence-corrected chi connectivity index (χ3v) is 5.66. The minimum absolute atomic E-state index is 0.211. The summed E-state index contributed by atoms with van der Waals surface area (Å²) in [5.74, 6) is 1.84. The lowest BCUT2D eigenvalue weighted by Crippen LogP contribution is -1.96. The minimum atomic E-state index is 0.211. The van der Waals surface area contributed by atoms with Gasteiger partial charge in [-0.25, -0.2) is 0 Å². The molecule has 0 aliphatic carbocycles. The van der Waals surface area contributed by atoms with Crippen molar-refractivity contribution in [3.8, 4) is 11.5 Å². The highest BCUT2D eigenvalue weighted by Crippen LogP contribution is 2.51. The van der Waals surface area contributed by atoms with Crippen LogP contribution in [0.1, 0.15) is 20.8 Å². The van der Waals surface area contributed by atoms with E-state index >= 15 is 0 Å². The molecule has 17 heavy (non-hydrogen) atoms. The number of rotatable bonds is 0. The molecule has 2 unspecified atom stereocenters. The Kier molecular flexibility index (Phi) is 2.97. The molecule has 0 saturated heterocycles. The van der Waals surface area contributed by atoms with Crippen LogP contribution >= 0.6 is 31.9 Å². The fourth-order valence-corrected chi connectivity index (χ4v) is 3.36. The van der Waals surface area contributed by atoms with Crippen LogP contribution in [0.4, 0.5) is 0 Å². The smallest absolute Gasteiger partial charge is 0.131 e. The van der Waals surface area contributed by atoms with Crippen LogP contribution in [0.15, 0.2) is 48.5 Å². The summed E-state index contributed by atoms with van der Waals surface area (Å²) in [6, 6.07) is 16.3. The first kappa shape index (κ1) is 11.3. The number of para-hydroxylation sites is 2. The fourth-order valence-electron chi connectivity index (χ4n) is 2.04. The van der Waals surface area contributed by atoms with Crippen molar-refractivity contribution in [1.29, 1.82) is 0 Å². The van der Waals surface area contributed by atoms with E-state index in [4.69, 9.17) is 4.74 Å². The van der Waals surface area contributed by atoms with Gasteiger partial charge in [0.25, 0.3) is 0 Å². The molecule has 0 aromatic heterocycles. The lowest BCUT2D eigenvalue weighted by atomic mass is 10.0. The zero-order valence-electron chi connectivity index (χ0n) is 8.94. The highest BCUT2D eigenvalue weighted by molar-refractivity contribution is 9.12. The van der Waals surface area contributed by atoms with Crippen molar-refractivity contribution in [2.75, 3.05) is 0 Å². The molecule has 0 fully saturated rings. The highest BCUT2D eigenvalue weighted by Gasteiger charge is 2.28. The van der Waals surface area contributed by atoms with E-state index < -0.39 is 0 Å². The third kappa shape index (κ3) is 1.91. The number of ether oxygens (including phenoxy) is 1. The molecule has 0 saturated carbocycles. The Labute approximate surface area is 117 Å². The molecule has 2 aromatic carbocycles. The molecule has 2 aromatic rings. The Balaban J connectivity index is 2.20. The van der Waals surface area contributed by atoms with Crippen LogP contribution in [-0.4, -0.2) is 0 Å². The maximum Gasteiger partial charge on any atom is 0.131 e. The predicted molar refractivity (Wildman–Crippen MR) is 76.3 cm³/mol. The van der Waals surface area contributed by atoms with Crippen LogP contribution in [0.25, 0.3) is 0 Å². The summed E-state index contributed by atoms with van der Waals surface area (Å²) in [4.78, 5) is 0.421. The van der Waals surface area contributed by atoms with E-state index in [2.05, 4.69) is 44.0 Å². The normalized spacial score (nSPS) is 22.0. The molecule has 86 valence electrons. The number of halogens is 2. The lowest BCUT2D eigenvalue weighted by molar-refractivity contribution is 0.479. The van der Waals surface area contributed by atoms with Crippen LogP contribution in [0.2, 0.25) is 0 Å². The van der Waals surface area contributed by atoms with Crippen molar-refractivity contribution in [2.45, 2.75) is 9.65 Å². The van der Waals surface area contributed by atoms with E-state index in [0.29, 0.717) is 0 Å². The molecule has 1 aliphatic heterocycles. The average Bonchev–Trinajstić information content (AvgIpc) is 2.48. The number of benzene rings is 2.